The number of phenolic OH excluding ortho intramolecular Hbond substituents is 2. The molecule has 0 aliphatic heterocycles. The highest BCUT2D eigenvalue weighted by atomic mass is 16.3. The Balaban J connectivity index is 1.95. The van der Waals surface area contributed by atoms with E-state index >= 15 is 0 Å². The summed E-state index contributed by atoms with van der Waals surface area (Å²) in [4.78, 5) is 11.4. The number of hydrogen-bond donors (Lipinski definition) is 3. The van der Waals surface area contributed by atoms with Gasteiger partial charge < -0.3 is 15.5 Å². The van der Waals surface area contributed by atoms with Gasteiger partial charge in [0, 0.05) is 18.5 Å². The molecule has 4 heteroatoms. The number of rotatable bonds is 5. The average molecular weight is 263 g/mol. The van der Waals surface area contributed by atoms with E-state index in [4.69, 9.17) is 0 Å². The summed E-state index contributed by atoms with van der Waals surface area (Å²) in [7, 11) is 0. The topological polar surface area (TPSA) is 69.6 Å². The average Bonchev–Trinajstić information content (AvgIpc) is 2.78. The van der Waals surface area contributed by atoms with Gasteiger partial charge in [-0.15, -0.1) is 0 Å². The summed E-state index contributed by atoms with van der Waals surface area (Å²) in [5.74, 6) is 0.269. The maximum atomic E-state index is 11.4. The first-order valence-corrected chi connectivity index (χ1v) is 6.93. The van der Waals surface area contributed by atoms with E-state index in [1.54, 1.807) is 6.07 Å². The van der Waals surface area contributed by atoms with Crippen LogP contribution in [0.25, 0.3) is 0 Å². The molecule has 3 N–H and O–H groups in total. The lowest BCUT2D eigenvalue weighted by molar-refractivity contribution is -0.121. The summed E-state index contributed by atoms with van der Waals surface area (Å²) in [5, 5.41) is 22.4. The van der Waals surface area contributed by atoms with Crippen molar-refractivity contribution in [3.63, 3.8) is 0 Å². The molecular formula is C15H21NO3. The van der Waals surface area contributed by atoms with E-state index in [2.05, 4.69) is 5.32 Å². The molecule has 0 heterocycles. The second kappa shape index (κ2) is 5.95. The lowest BCUT2D eigenvalue weighted by Crippen LogP contribution is -2.24. The number of nitrogens with one attached hydrogen (secondary N) is 1. The Bertz CT molecular complexity index is 471. The Hall–Kier alpha value is -1.71. The van der Waals surface area contributed by atoms with Crippen molar-refractivity contribution in [1.82, 2.24) is 5.32 Å². The molecule has 0 saturated carbocycles. The number of phenols is 2. The number of benzene rings is 1. The van der Waals surface area contributed by atoms with E-state index in [0.717, 1.165) is 36.8 Å². The number of hydrogen-bond acceptors (Lipinski definition) is 3. The first-order chi connectivity index (χ1) is 9.13. The summed E-state index contributed by atoms with van der Waals surface area (Å²) in [6, 6.07) is 3.42. The summed E-state index contributed by atoms with van der Waals surface area (Å²) in [6.45, 7) is 2.60. The van der Waals surface area contributed by atoms with Crippen molar-refractivity contribution in [3.8, 4) is 11.5 Å². The standard InChI is InChI=1S/C15H21NO3/c1-2-3-13(18)16-9-8-11-5-4-10-6-7-12(17)15(19)14(10)11/h6-7,11,17,19H,2-5,8-9H2,1H3,(H,16,18). The van der Waals surface area contributed by atoms with Crippen molar-refractivity contribution in [3.05, 3.63) is 23.3 Å². The van der Waals surface area contributed by atoms with Crippen LogP contribution in [-0.2, 0) is 11.2 Å². The predicted molar refractivity (Wildman–Crippen MR) is 73.4 cm³/mol. The van der Waals surface area contributed by atoms with Crippen molar-refractivity contribution in [2.45, 2.75) is 44.9 Å². The van der Waals surface area contributed by atoms with E-state index in [0.29, 0.717) is 13.0 Å². The number of fused-ring (bicyclic) bond motifs is 1. The summed E-state index contributed by atoms with van der Waals surface area (Å²) < 4.78 is 0. The van der Waals surface area contributed by atoms with Gasteiger partial charge in [-0.05, 0) is 43.2 Å². The second-order valence-electron chi connectivity index (χ2n) is 5.13. The molecule has 104 valence electrons. The van der Waals surface area contributed by atoms with Gasteiger partial charge in [0.2, 0.25) is 5.91 Å². The zero-order valence-electron chi connectivity index (χ0n) is 11.3. The molecule has 1 aromatic rings. The van der Waals surface area contributed by atoms with E-state index in [1.807, 2.05) is 13.0 Å². The van der Waals surface area contributed by atoms with Crippen LogP contribution in [-0.4, -0.2) is 22.7 Å². The Morgan fingerprint density at radius 2 is 2.21 bits per heavy atom. The Morgan fingerprint density at radius 1 is 1.42 bits per heavy atom. The maximum absolute atomic E-state index is 11.4. The van der Waals surface area contributed by atoms with Gasteiger partial charge in [-0.1, -0.05) is 13.0 Å². The van der Waals surface area contributed by atoms with E-state index < -0.39 is 0 Å². The highest BCUT2D eigenvalue weighted by Gasteiger charge is 2.26. The van der Waals surface area contributed by atoms with Crippen LogP contribution in [0.5, 0.6) is 11.5 Å². The number of aromatic hydroxyl groups is 2. The summed E-state index contributed by atoms with van der Waals surface area (Å²) >= 11 is 0. The van der Waals surface area contributed by atoms with Crippen LogP contribution in [0.3, 0.4) is 0 Å². The van der Waals surface area contributed by atoms with Crippen LogP contribution in [0.4, 0.5) is 0 Å². The monoisotopic (exact) mass is 263 g/mol. The van der Waals surface area contributed by atoms with Gasteiger partial charge >= 0.3 is 0 Å². The molecule has 0 aromatic heterocycles. The lowest BCUT2D eigenvalue weighted by atomic mass is 9.96. The molecule has 1 aliphatic rings. The zero-order chi connectivity index (χ0) is 13.8. The molecule has 2 rings (SSSR count). The summed E-state index contributed by atoms with van der Waals surface area (Å²) in [5.41, 5.74) is 1.98. The molecular weight excluding hydrogens is 242 g/mol. The molecule has 1 amide bonds. The minimum absolute atomic E-state index is 0.0138. The van der Waals surface area contributed by atoms with Gasteiger partial charge in [0.1, 0.15) is 0 Å². The van der Waals surface area contributed by atoms with Crippen LogP contribution >= 0.6 is 0 Å². The molecule has 0 bridgehead atoms. The van der Waals surface area contributed by atoms with E-state index in [1.165, 1.54) is 0 Å². The normalized spacial score (nSPS) is 17.2. The third-order valence-electron chi connectivity index (χ3n) is 3.75. The highest BCUT2D eigenvalue weighted by molar-refractivity contribution is 5.75. The van der Waals surface area contributed by atoms with Gasteiger partial charge in [-0.3, -0.25) is 4.79 Å². The molecule has 1 atom stereocenters. The Kier molecular flexibility index (Phi) is 4.30. The fourth-order valence-electron chi connectivity index (χ4n) is 2.78. The van der Waals surface area contributed by atoms with Crippen molar-refractivity contribution >= 4 is 5.91 Å². The quantitative estimate of drug-likeness (QED) is 0.715. The zero-order valence-corrected chi connectivity index (χ0v) is 11.3. The van der Waals surface area contributed by atoms with Crippen molar-refractivity contribution < 1.29 is 15.0 Å². The van der Waals surface area contributed by atoms with Crippen LogP contribution in [0.1, 0.15) is 49.7 Å². The first kappa shape index (κ1) is 13.7. The van der Waals surface area contributed by atoms with Gasteiger partial charge in [-0.25, -0.2) is 0 Å². The number of amides is 1. The molecule has 0 fully saturated rings. The molecule has 19 heavy (non-hydrogen) atoms. The first-order valence-electron chi connectivity index (χ1n) is 6.93. The molecule has 1 aromatic carbocycles. The smallest absolute Gasteiger partial charge is 0.219 e. The second-order valence-corrected chi connectivity index (χ2v) is 5.13. The number of aryl methyl sites for hydroxylation is 1. The SMILES string of the molecule is CCCC(=O)NCCC1CCc2ccc(O)c(O)c21. The molecule has 0 spiro atoms. The van der Waals surface area contributed by atoms with Crippen molar-refractivity contribution in [2.24, 2.45) is 0 Å². The Labute approximate surface area is 113 Å². The third-order valence-corrected chi connectivity index (χ3v) is 3.75. The van der Waals surface area contributed by atoms with Crippen LogP contribution in [0, 0.1) is 0 Å². The van der Waals surface area contributed by atoms with Gasteiger partial charge in [0.25, 0.3) is 0 Å². The predicted octanol–water partition coefficient (Wildman–Crippen LogP) is 2.43. The fraction of sp³-hybridized carbons (Fsp3) is 0.533. The molecule has 1 unspecified atom stereocenters. The van der Waals surface area contributed by atoms with Gasteiger partial charge in [0.15, 0.2) is 11.5 Å². The van der Waals surface area contributed by atoms with E-state index in [9.17, 15) is 15.0 Å². The minimum atomic E-state index is -0.0549. The van der Waals surface area contributed by atoms with Gasteiger partial charge in [0.05, 0.1) is 0 Å². The minimum Gasteiger partial charge on any atom is -0.504 e. The maximum Gasteiger partial charge on any atom is 0.219 e. The highest BCUT2D eigenvalue weighted by Crippen LogP contribution is 2.44. The fourth-order valence-corrected chi connectivity index (χ4v) is 2.78. The Morgan fingerprint density at radius 3 is 2.95 bits per heavy atom. The molecule has 0 radical (unpaired) electrons. The largest absolute Gasteiger partial charge is 0.504 e. The van der Waals surface area contributed by atoms with Crippen molar-refractivity contribution in [2.75, 3.05) is 6.54 Å². The number of carbonyl (C=O) groups excluding carboxylic acids is 1. The van der Waals surface area contributed by atoms with Crippen LogP contribution in [0.15, 0.2) is 12.1 Å². The summed E-state index contributed by atoms with van der Waals surface area (Å²) in [6.07, 6.45) is 4.12. The lowest BCUT2D eigenvalue weighted by Gasteiger charge is -2.14. The molecule has 1 aliphatic carbocycles. The van der Waals surface area contributed by atoms with Crippen molar-refractivity contribution in [1.29, 1.82) is 0 Å². The molecule has 4 nitrogen and oxygen atoms in total. The van der Waals surface area contributed by atoms with Crippen LogP contribution < -0.4 is 5.32 Å². The number of carbonyl (C=O) groups is 1. The van der Waals surface area contributed by atoms with Crippen LogP contribution in [0.2, 0.25) is 0 Å². The van der Waals surface area contributed by atoms with Gasteiger partial charge in [-0.2, -0.15) is 0 Å². The molecule has 0 saturated heterocycles. The van der Waals surface area contributed by atoms with E-state index in [-0.39, 0.29) is 23.3 Å². The third kappa shape index (κ3) is 3.00.